The van der Waals surface area contributed by atoms with Crippen LogP contribution >= 0.6 is 11.6 Å². The molecule has 0 saturated carbocycles. The molecule has 0 atom stereocenters. The van der Waals surface area contributed by atoms with E-state index < -0.39 is 0 Å². The summed E-state index contributed by atoms with van der Waals surface area (Å²) >= 11 is 5.95. The molecule has 0 radical (unpaired) electrons. The van der Waals surface area contributed by atoms with E-state index in [1.54, 1.807) is 19.2 Å². The number of aliphatic imine (C=N–C) groups is 1. The van der Waals surface area contributed by atoms with Gasteiger partial charge in [-0.25, -0.2) is 0 Å². The van der Waals surface area contributed by atoms with Crippen molar-refractivity contribution >= 4 is 17.6 Å². The second kappa shape index (κ2) is 7.08. The molecule has 2 rings (SSSR count). The predicted molar refractivity (Wildman–Crippen MR) is 83.2 cm³/mol. The van der Waals surface area contributed by atoms with Crippen LogP contribution in [0.1, 0.15) is 19.7 Å². The molecular formula is C14H18ClN5O. The summed E-state index contributed by atoms with van der Waals surface area (Å²) in [6, 6.07) is 7.62. The third-order valence-electron chi connectivity index (χ3n) is 2.61. The fraction of sp³-hybridized carbons (Fsp3) is 0.357. The highest BCUT2D eigenvalue weighted by Gasteiger charge is 2.09. The first kappa shape index (κ1) is 15.3. The summed E-state index contributed by atoms with van der Waals surface area (Å²) in [7, 11) is 1.71. The van der Waals surface area contributed by atoms with E-state index in [4.69, 9.17) is 16.1 Å². The highest BCUT2D eigenvalue weighted by atomic mass is 35.5. The Labute approximate surface area is 128 Å². The van der Waals surface area contributed by atoms with Crippen molar-refractivity contribution < 1.29 is 4.52 Å². The van der Waals surface area contributed by atoms with Crippen LogP contribution in [0.3, 0.4) is 0 Å². The molecule has 0 spiro atoms. The minimum atomic E-state index is 0.293. The van der Waals surface area contributed by atoms with E-state index in [1.807, 2.05) is 26.0 Å². The number of hydrogen-bond acceptors (Lipinski definition) is 4. The Morgan fingerprint density at radius 3 is 2.90 bits per heavy atom. The Morgan fingerprint density at radius 2 is 2.24 bits per heavy atom. The maximum absolute atomic E-state index is 5.95. The van der Waals surface area contributed by atoms with Crippen molar-refractivity contribution in [1.29, 1.82) is 0 Å². The van der Waals surface area contributed by atoms with Gasteiger partial charge in [-0.1, -0.05) is 28.9 Å². The Morgan fingerprint density at radius 1 is 1.43 bits per heavy atom. The van der Waals surface area contributed by atoms with Gasteiger partial charge in [0.15, 0.2) is 5.96 Å². The quantitative estimate of drug-likeness (QED) is 0.670. The normalized spacial score (nSPS) is 11.8. The van der Waals surface area contributed by atoms with Gasteiger partial charge in [-0.2, -0.15) is 4.98 Å². The van der Waals surface area contributed by atoms with Gasteiger partial charge in [-0.15, -0.1) is 0 Å². The SMILES string of the molecule is CN=C(NCc1nc(-c2cccc(Cl)c2)no1)NC(C)C. The number of aromatic nitrogens is 2. The van der Waals surface area contributed by atoms with Crippen LogP contribution in [0.25, 0.3) is 11.4 Å². The molecule has 1 aromatic carbocycles. The molecule has 112 valence electrons. The molecule has 6 nitrogen and oxygen atoms in total. The summed E-state index contributed by atoms with van der Waals surface area (Å²) in [6.45, 7) is 4.48. The lowest BCUT2D eigenvalue weighted by atomic mass is 10.2. The lowest BCUT2D eigenvalue weighted by Crippen LogP contribution is -2.40. The van der Waals surface area contributed by atoms with Gasteiger partial charge >= 0.3 is 0 Å². The van der Waals surface area contributed by atoms with E-state index in [0.29, 0.717) is 35.3 Å². The van der Waals surface area contributed by atoms with Gasteiger partial charge in [-0.3, -0.25) is 4.99 Å². The van der Waals surface area contributed by atoms with Crippen molar-refractivity contribution in [3.05, 3.63) is 35.2 Å². The zero-order chi connectivity index (χ0) is 15.2. The van der Waals surface area contributed by atoms with E-state index in [-0.39, 0.29) is 0 Å². The van der Waals surface area contributed by atoms with Gasteiger partial charge < -0.3 is 15.2 Å². The van der Waals surface area contributed by atoms with Gasteiger partial charge in [-0.05, 0) is 26.0 Å². The second-order valence-electron chi connectivity index (χ2n) is 4.75. The van der Waals surface area contributed by atoms with Gasteiger partial charge in [0.25, 0.3) is 0 Å². The maximum atomic E-state index is 5.95. The molecule has 0 amide bonds. The van der Waals surface area contributed by atoms with Gasteiger partial charge in [0.2, 0.25) is 11.7 Å². The maximum Gasteiger partial charge on any atom is 0.246 e. The molecule has 0 aliphatic rings. The number of rotatable bonds is 4. The Bertz CT molecular complexity index is 623. The van der Waals surface area contributed by atoms with Crippen LogP contribution in [-0.2, 0) is 6.54 Å². The third-order valence-corrected chi connectivity index (χ3v) is 2.84. The third kappa shape index (κ3) is 4.46. The first-order valence-electron chi connectivity index (χ1n) is 6.64. The van der Waals surface area contributed by atoms with Gasteiger partial charge in [0.1, 0.15) is 0 Å². The average Bonchev–Trinajstić information content (AvgIpc) is 2.92. The van der Waals surface area contributed by atoms with E-state index >= 15 is 0 Å². The zero-order valence-electron chi connectivity index (χ0n) is 12.2. The summed E-state index contributed by atoms with van der Waals surface area (Å²) in [5.41, 5.74) is 0.821. The smallest absolute Gasteiger partial charge is 0.246 e. The molecule has 0 unspecified atom stereocenters. The van der Waals surface area contributed by atoms with E-state index in [9.17, 15) is 0 Å². The predicted octanol–water partition coefficient (Wildman–Crippen LogP) is 2.46. The summed E-state index contributed by atoms with van der Waals surface area (Å²) < 4.78 is 5.21. The molecule has 21 heavy (non-hydrogen) atoms. The van der Waals surface area contributed by atoms with Crippen LogP contribution < -0.4 is 10.6 Å². The standard InChI is InChI=1S/C14H18ClN5O/c1-9(2)18-14(16-3)17-8-12-19-13(20-21-12)10-5-4-6-11(15)7-10/h4-7,9H,8H2,1-3H3,(H2,16,17,18). The van der Waals surface area contributed by atoms with Crippen LogP contribution in [-0.4, -0.2) is 29.2 Å². The topological polar surface area (TPSA) is 75.3 Å². The minimum absolute atomic E-state index is 0.293. The lowest BCUT2D eigenvalue weighted by Gasteiger charge is -2.12. The molecule has 2 N–H and O–H groups in total. The molecule has 1 aromatic heterocycles. The van der Waals surface area contributed by atoms with E-state index in [2.05, 4.69) is 25.8 Å². The Hall–Kier alpha value is -2.08. The van der Waals surface area contributed by atoms with Crippen molar-refractivity contribution in [1.82, 2.24) is 20.8 Å². The first-order chi connectivity index (χ1) is 10.1. The van der Waals surface area contributed by atoms with Crippen LogP contribution in [0.15, 0.2) is 33.8 Å². The monoisotopic (exact) mass is 307 g/mol. The van der Waals surface area contributed by atoms with Crippen LogP contribution in [0.5, 0.6) is 0 Å². The number of nitrogens with zero attached hydrogens (tertiary/aromatic N) is 3. The summed E-state index contributed by atoms with van der Waals surface area (Å²) in [5, 5.41) is 10.9. The molecule has 0 fully saturated rings. The summed E-state index contributed by atoms with van der Waals surface area (Å²) in [4.78, 5) is 8.43. The highest BCUT2D eigenvalue weighted by Crippen LogP contribution is 2.19. The Balaban J connectivity index is 2.00. The van der Waals surface area contributed by atoms with Crippen molar-refractivity contribution in [2.24, 2.45) is 4.99 Å². The molecule has 0 bridgehead atoms. The van der Waals surface area contributed by atoms with Crippen LogP contribution in [0.2, 0.25) is 5.02 Å². The molecular weight excluding hydrogens is 290 g/mol. The largest absolute Gasteiger partial charge is 0.354 e. The summed E-state index contributed by atoms with van der Waals surface area (Å²) in [5.74, 6) is 1.69. The molecule has 0 saturated heterocycles. The molecule has 7 heteroatoms. The van der Waals surface area contributed by atoms with Crippen molar-refractivity contribution in [2.75, 3.05) is 7.05 Å². The molecule has 2 aromatic rings. The number of halogens is 1. The van der Waals surface area contributed by atoms with Crippen LogP contribution in [0.4, 0.5) is 0 Å². The summed E-state index contributed by atoms with van der Waals surface area (Å²) in [6.07, 6.45) is 0. The second-order valence-corrected chi connectivity index (χ2v) is 5.18. The van der Waals surface area contributed by atoms with Crippen molar-refractivity contribution in [2.45, 2.75) is 26.4 Å². The fourth-order valence-electron chi connectivity index (χ4n) is 1.70. The van der Waals surface area contributed by atoms with Crippen LogP contribution in [0, 0.1) is 0 Å². The van der Waals surface area contributed by atoms with Gasteiger partial charge in [0.05, 0.1) is 6.54 Å². The average molecular weight is 308 g/mol. The first-order valence-corrected chi connectivity index (χ1v) is 7.02. The molecule has 1 heterocycles. The highest BCUT2D eigenvalue weighted by molar-refractivity contribution is 6.30. The van der Waals surface area contributed by atoms with Gasteiger partial charge in [0, 0.05) is 23.7 Å². The number of guanidine groups is 1. The van der Waals surface area contributed by atoms with Crippen molar-refractivity contribution in [3.8, 4) is 11.4 Å². The molecule has 0 aliphatic heterocycles. The lowest BCUT2D eigenvalue weighted by molar-refractivity contribution is 0.375. The van der Waals surface area contributed by atoms with E-state index in [0.717, 1.165) is 5.56 Å². The zero-order valence-corrected chi connectivity index (χ0v) is 13.0. The molecule has 0 aliphatic carbocycles. The van der Waals surface area contributed by atoms with E-state index in [1.165, 1.54) is 0 Å². The number of benzene rings is 1. The Kier molecular flexibility index (Phi) is 5.16. The minimum Gasteiger partial charge on any atom is -0.354 e. The fourth-order valence-corrected chi connectivity index (χ4v) is 1.89. The number of hydrogen-bond donors (Lipinski definition) is 2. The number of nitrogens with one attached hydrogen (secondary N) is 2. The van der Waals surface area contributed by atoms with Crippen molar-refractivity contribution in [3.63, 3.8) is 0 Å².